The molecular formula is C35H43N3O6. The number of aromatic nitrogens is 1. The highest BCUT2D eigenvalue weighted by Gasteiger charge is 2.50. The Kier molecular flexibility index (Phi) is 8.88. The van der Waals surface area contributed by atoms with Crippen LogP contribution in [-0.2, 0) is 33.8 Å². The van der Waals surface area contributed by atoms with E-state index in [2.05, 4.69) is 18.2 Å². The van der Waals surface area contributed by atoms with Crippen molar-refractivity contribution >= 4 is 17.9 Å². The van der Waals surface area contributed by atoms with E-state index in [1.54, 1.807) is 18.9 Å². The highest BCUT2D eigenvalue weighted by molar-refractivity contribution is 5.77. The minimum atomic E-state index is -0.926. The van der Waals surface area contributed by atoms with Crippen molar-refractivity contribution in [3.63, 3.8) is 0 Å². The zero-order valence-electron chi connectivity index (χ0n) is 26.6. The van der Waals surface area contributed by atoms with Gasteiger partial charge < -0.3 is 29.1 Å². The summed E-state index contributed by atoms with van der Waals surface area (Å²) in [6, 6.07) is 17.8. The molecule has 1 amide bonds. The van der Waals surface area contributed by atoms with Crippen LogP contribution < -0.4 is 9.64 Å². The lowest BCUT2D eigenvalue weighted by Crippen LogP contribution is -2.46. The van der Waals surface area contributed by atoms with Crippen LogP contribution in [-0.4, -0.2) is 65.5 Å². The number of carboxylic acids is 1. The Morgan fingerprint density at radius 2 is 1.84 bits per heavy atom. The molecule has 2 aliphatic rings. The lowest BCUT2D eigenvalue weighted by atomic mass is 9.83. The van der Waals surface area contributed by atoms with Crippen LogP contribution in [0, 0.1) is 12.3 Å². The number of carbonyl (C=O) groups is 2. The molecule has 2 aromatic carbocycles. The molecule has 1 N–H and O–H groups in total. The maximum atomic E-state index is 12.7. The van der Waals surface area contributed by atoms with Crippen LogP contribution in [0.2, 0.25) is 0 Å². The average Bonchev–Trinajstić information content (AvgIpc) is 3.32. The summed E-state index contributed by atoms with van der Waals surface area (Å²) in [6.07, 6.45) is 1.00. The number of aryl methyl sites for hydroxylation is 1. The van der Waals surface area contributed by atoms with Crippen molar-refractivity contribution in [1.29, 1.82) is 0 Å². The van der Waals surface area contributed by atoms with Crippen LogP contribution in [0.15, 0.2) is 54.6 Å². The van der Waals surface area contributed by atoms with E-state index in [1.165, 1.54) is 5.56 Å². The molecule has 0 bridgehead atoms. The summed E-state index contributed by atoms with van der Waals surface area (Å²) >= 11 is 0. The zero-order valence-corrected chi connectivity index (χ0v) is 26.6. The number of rotatable bonds is 8. The van der Waals surface area contributed by atoms with Crippen molar-refractivity contribution in [2.75, 3.05) is 31.7 Å². The summed E-state index contributed by atoms with van der Waals surface area (Å²) in [5.74, 6) is 0.633. The molecule has 3 heterocycles. The van der Waals surface area contributed by atoms with Gasteiger partial charge in [-0.3, -0.25) is 4.79 Å². The molecule has 5 rings (SSSR count). The average molecular weight is 602 g/mol. The van der Waals surface area contributed by atoms with Crippen LogP contribution in [0.5, 0.6) is 5.75 Å². The number of amides is 1. The van der Waals surface area contributed by atoms with Gasteiger partial charge in [0.2, 0.25) is 0 Å². The fraction of sp³-hybridized carbons (Fsp3) is 0.457. The van der Waals surface area contributed by atoms with Crippen molar-refractivity contribution in [2.24, 2.45) is 5.41 Å². The first-order valence-electron chi connectivity index (χ1n) is 15.2. The molecule has 2 atom stereocenters. The minimum Gasteiger partial charge on any atom is -0.488 e. The van der Waals surface area contributed by atoms with Crippen molar-refractivity contribution in [3.05, 3.63) is 76.9 Å². The molecule has 0 saturated carbocycles. The first kappa shape index (κ1) is 31.3. The highest BCUT2D eigenvalue weighted by atomic mass is 16.6. The predicted molar refractivity (Wildman–Crippen MR) is 169 cm³/mol. The number of carboxylic acid groups (broad SMARTS) is 1. The number of aliphatic carboxylic acids is 1. The number of anilines is 1. The fourth-order valence-electron chi connectivity index (χ4n) is 6.09. The van der Waals surface area contributed by atoms with Gasteiger partial charge in [-0.1, -0.05) is 36.4 Å². The van der Waals surface area contributed by atoms with Gasteiger partial charge in [0, 0.05) is 32.3 Å². The SMILES string of the molecule is COC[C@H]1N(c2cccc(-c3cccc(C)c3OCc3ccc4c(c3)CN(C(=O)OC(C)(C)C)CC4)n2)CC[C@@]1(C)C(=O)O. The van der Waals surface area contributed by atoms with Gasteiger partial charge in [-0.2, -0.15) is 0 Å². The first-order valence-corrected chi connectivity index (χ1v) is 15.2. The van der Waals surface area contributed by atoms with Crippen LogP contribution in [0.25, 0.3) is 11.3 Å². The number of methoxy groups -OCH3 is 1. The van der Waals surface area contributed by atoms with E-state index in [0.717, 1.165) is 40.1 Å². The predicted octanol–water partition coefficient (Wildman–Crippen LogP) is 6.25. The number of hydrogen-bond acceptors (Lipinski definition) is 7. The molecule has 1 saturated heterocycles. The van der Waals surface area contributed by atoms with Gasteiger partial charge >= 0.3 is 12.1 Å². The van der Waals surface area contributed by atoms with Crippen molar-refractivity contribution in [1.82, 2.24) is 9.88 Å². The molecular weight excluding hydrogens is 558 g/mol. The molecule has 1 fully saturated rings. The van der Waals surface area contributed by atoms with E-state index < -0.39 is 17.0 Å². The Labute approximate surface area is 259 Å². The molecule has 234 valence electrons. The summed E-state index contributed by atoms with van der Waals surface area (Å²) in [6.45, 7) is 11.8. The monoisotopic (exact) mass is 601 g/mol. The largest absolute Gasteiger partial charge is 0.488 e. The van der Waals surface area contributed by atoms with E-state index in [1.807, 2.05) is 69.0 Å². The molecule has 0 spiro atoms. The normalized spacial score (nSPS) is 19.9. The number of ether oxygens (including phenoxy) is 3. The van der Waals surface area contributed by atoms with Gasteiger partial charge in [0.05, 0.1) is 23.8 Å². The maximum Gasteiger partial charge on any atom is 0.410 e. The van der Waals surface area contributed by atoms with Gasteiger partial charge in [-0.15, -0.1) is 0 Å². The third-order valence-corrected chi connectivity index (χ3v) is 8.63. The van der Waals surface area contributed by atoms with Crippen LogP contribution >= 0.6 is 0 Å². The number of carbonyl (C=O) groups excluding carboxylic acids is 1. The van der Waals surface area contributed by atoms with Crippen molar-refractivity contribution in [3.8, 4) is 17.0 Å². The number of para-hydroxylation sites is 1. The number of pyridine rings is 1. The van der Waals surface area contributed by atoms with E-state index in [0.29, 0.717) is 45.1 Å². The molecule has 44 heavy (non-hydrogen) atoms. The molecule has 1 aromatic heterocycles. The smallest absolute Gasteiger partial charge is 0.410 e. The number of nitrogens with zero attached hydrogens (tertiary/aromatic N) is 3. The highest BCUT2D eigenvalue weighted by Crippen LogP contribution is 2.40. The third kappa shape index (κ3) is 6.53. The van der Waals surface area contributed by atoms with E-state index >= 15 is 0 Å². The first-order chi connectivity index (χ1) is 20.9. The second kappa shape index (κ2) is 12.5. The summed E-state index contributed by atoms with van der Waals surface area (Å²) in [5.41, 5.74) is 4.49. The standard InChI is InChI=1S/C35H43N3O6/c1-23-9-7-10-27(28-11-8-12-30(36-28)38-18-16-35(5,32(39)40)29(38)22-42-6)31(23)43-21-24-13-14-25-15-17-37(20-26(25)19-24)33(41)44-34(2,3)4/h7-14,19,29H,15-18,20-22H2,1-6H3,(H,39,40)/t29-,35-/m1/s1. The molecule has 0 radical (unpaired) electrons. The summed E-state index contributed by atoms with van der Waals surface area (Å²) in [4.78, 5) is 33.7. The summed E-state index contributed by atoms with van der Waals surface area (Å²) < 4.78 is 17.5. The van der Waals surface area contributed by atoms with Crippen LogP contribution in [0.3, 0.4) is 0 Å². The van der Waals surface area contributed by atoms with Crippen LogP contribution in [0.1, 0.15) is 56.4 Å². The number of fused-ring (bicyclic) bond motifs is 1. The van der Waals surface area contributed by atoms with Gasteiger partial charge in [0.15, 0.2) is 0 Å². The van der Waals surface area contributed by atoms with E-state index in [9.17, 15) is 14.7 Å². The van der Waals surface area contributed by atoms with Gasteiger partial charge in [0.1, 0.15) is 23.8 Å². The Morgan fingerprint density at radius 1 is 1.07 bits per heavy atom. The second-order valence-electron chi connectivity index (χ2n) is 13.0. The van der Waals surface area contributed by atoms with Gasteiger partial charge in [-0.25, -0.2) is 9.78 Å². The Hall–Kier alpha value is -4.11. The summed E-state index contributed by atoms with van der Waals surface area (Å²) in [5, 5.41) is 9.99. The minimum absolute atomic E-state index is 0.292. The van der Waals surface area contributed by atoms with Gasteiger partial charge in [0.25, 0.3) is 0 Å². The lowest BCUT2D eigenvalue weighted by molar-refractivity contribution is -0.148. The molecule has 9 heteroatoms. The number of hydrogen-bond donors (Lipinski definition) is 1. The van der Waals surface area contributed by atoms with Gasteiger partial charge in [-0.05, 0) is 87.9 Å². The summed E-state index contributed by atoms with van der Waals surface area (Å²) in [7, 11) is 1.60. The zero-order chi connectivity index (χ0) is 31.6. The maximum absolute atomic E-state index is 12.7. The molecule has 0 unspecified atom stereocenters. The molecule has 0 aliphatic carbocycles. The van der Waals surface area contributed by atoms with Crippen molar-refractivity contribution in [2.45, 2.75) is 72.3 Å². The fourth-order valence-corrected chi connectivity index (χ4v) is 6.09. The quantitative estimate of drug-likeness (QED) is 0.324. The Morgan fingerprint density at radius 3 is 2.57 bits per heavy atom. The van der Waals surface area contributed by atoms with E-state index in [-0.39, 0.29) is 12.1 Å². The molecule has 3 aromatic rings. The third-order valence-electron chi connectivity index (χ3n) is 8.63. The van der Waals surface area contributed by atoms with Crippen LogP contribution in [0.4, 0.5) is 10.6 Å². The second-order valence-corrected chi connectivity index (χ2v) is 13.0. The topological polar surface area (TPSA) is 101 Å². The Bertz CT molecular complexity index is 1530. The Balaban J connectivity index is 1.36. The lowest BCUT2D eigenvalue weighted by Gasteiger charge is -2.32. The number of benzene rings is 2. The van der Waals surface area contributed by atoms with E-state index in [4.69, 9.17) is 19.2 Å². The molecule has 2 aliphatic heterocycles. The van der Waals surface area contributed by atoms with Crippen molar-refractivity contribution < 1.29 is 28.9 Å². The molecule has 9 nitrogen and oxygen atoms in total.